The van der Waals surface area contributed by atoms with E-state index in [1.54, 1.807) is 0 Å². The summed E-state index contributed by atoms with van der Waals surface area (Å²) < 4.78 is 12.0. The summed E-state index contributed by atoms with van der Waals surface area (Å²) in [5, 5.41) is 20.5. The second-order valence-electron chi connectivity index (χ2n) is 7.45. The van der Waals surface area contributed by atoms with Gasteiger partial charge < -0.3 is 25.4 Å². The Labute approximate surface area is 167 Å². The maximum Gasteiger partial charge on any atom is 0.351 e. The van der Waals surface area contributed by atoms with Gasteiger partial charge in [-0.1, -0.05) is 0 Å². The first-order valence-electron chi connectivity index (χ1n) is 9.21. The van der Waals surface area contributed by atoms with Crippen LogP contribution in [0.1, 0.15) is 25.5 Å². The van der Waals surface area contributed by atoms with E-state index in [-0.39, 0.29) is 36.8 Å². The molecule has 0 amide bonds. The number of anilines is 1. The highest BCUT2D eigenvalue weighted by molar-refractivity contribution is 5.85. The number of nitrogen functional groups attached to an aromatic ring is 1. The van der Waals surface area contributed by atoms with Crippen molar-refractivity contribution in [2.24, 2.45) is 5.92 Å². The van der Waals surface area contributed by atoms with Crippen molar-refractivity contribution in [3.63, 3.8) is 0 Å². The Bertz CT molecular complexity index is 768. The highest BCUT2D eigenvalue weighted by Gasteiger charge is 2.45. The Morgan fingerprint density at radius 1 is 1.32 bits per heavy atom. The molecule has 4 aliphatic heterocycles. The summed E-state index contributed by atoms with van der Waals surface area (Å²) >= 11 is 0. The van der Waals surface area contributed by atoms with Gasteiger partial charge in [-0.15, -0.1) is 12.4 Å². The molecule has 4 N–H and O–H groups in total. The monoisotopic (exact) mass is 416 g/mol. The summed E-state index contributed by atoms with van der Waals surface area (Å²) in [5.41, 5.74) is 4.76. The molecule has 0 spiro atoms. The molecule has 4 saturated heterocycles. The summed E-state index contributed by atoms with van der Waals surface area (Å²) in [4.78, 5) is 30.1. The van der Waals surface area contributed by atoms with Crippen molar-refractivity contribution in [3.8, 4) is 0 Å². The number of fused-ring (bicyclic) bond motifs is 3. The summed E-state index contributed by atoms with van der Waals surface area (Å²) in [5.74, 6) is 0.281. The second-order valence-corrected chi connectivity index (χ2v) is 7.45. The van der Waals surface area contributed by atoms with Gasteiger partial charge in [-0.2, -0.15) is 4.98 Å². The second kappa shape index (κ2) is 8.34. The molecular weight excluding hydrogens is 392 g/mol. The van der Waals surface area contributed by atoms with E-state index in [9.17, 15) is 19.8 Å². The van der Waals surface area contributed by atoms with E-state index in [0.717, 1.165) is 36.9 Å². The predicted molar refractivity (Wildman–Crippen MR) is 99.7 cm³/mol. The molecule has 5 atom stereocenters. The predicted octanol–water partition coefficient (Wildman–Crippen LogP) is -1.11. The van der Waals surface area contributed by atoms with Gasteiger partial charge in [0.15, 0.2) is 6.23 Å². The fourth-order valence-corrected chi connectivity index (χ4v) is 4.19. The van der Waals surface area contributed by atoms with Crippen molar-refractivity contribution < 1.29 is 24.5 Å². The lowest BCUT2D eigenvalue weighted by Crippen LogP contribution is -2.53. The lowest BCUT2D eigenvalue weighted by molar-refractivity contribution is -0.160. The number of nitrogens with two attached hydrogens (primary N) is 1. The molecule has 5 heterocycles. The molecule has 0 radical (unpaired) electrons. The summed E-state index contributed by atoms with van der Waals surface area (Å²) in [6, 6.07) is 1.14. The number of aliphatic hydroxyl groups is 2. The normalized spacial score (nSPS) is 36.7. The Morgan fingerprint density at radius 3 is 2.64 bits per heavy atom. The highest BCUT2D eigenvalue weighted by Crippen LogP contribution is 2.33. The van der Waals surface area contributed by atoms with Crippen LogP contribution < -0.4 is 11.4 Å². The van der Waals surface area contributed by atoms with Crippen LogP contribution in [0.3, 0.4) is 0 Å². The first kappa shape index (κ1) is 21.0. The van der Waals surface area contributed by atoms with Crippen LogP contribution in [0.4, 0.5) is 5.82 Å². The smallest absolute Gasteiger partial charge is 0.351 e. The third-order valence-corrected chi connectivity index (χ3v) is 5.77. The molecule has 156 valence electrons. The number of carbonyl (C=O) groups is 1. The van der Waals surface area contributed by atoms with Crippen LogP contribution in [0.5, 0.6) is 0 Å². The summed E-state index contributed by atoms with van der Waals surface area (Å²) in [6.07, 6.45) is -0.343. The van der Waals surface area contributed by atoms with Crippen LogP contribution in [0.15, 0.2) is 17.1 Å². The fourth-order valence-electron chi connectivity index (χ4n) is 4.19. The zero-order valence-electron chi connectivity index (χ0n) is 15.2. The molecule has 5 rings (SSSR count). The molecule has 4 fully saturated rings. The van der Waals surface area contributed by atoms with Crippen LogP contribution in [-0.4, -0.2) is 74.7 Å². The Morgan fingerprint density at radius 2 is 2.04 bits per heavy atom. The first-order chi connectivity index (χ1) is 12.9. The molecule has 0 aliphatic carbocycles. The molecule has 0 saturated carbocycles. The van der Waals surface area contributed by atoms with E-state index in [1.807, 2.05) is 0 Å². The van der Waals surface area contributed by atoms with E-state index >= 15 is 0 Å². The number of halogens is 1. The molecule has 4 aliphatic rings. The van der Waals surface area contributed by atoms with Crippen LogP contribution >= 0.6 is 12.4 Å². The lowest BCUT2D eigenvalue weighted by Gasteiger charge is -2.43. The van der Waals surface area contributed by atoms with Crippen molar-refractivity contribution in [2.75, 3.05) is 25.4 Å². The van der Waals surface area contributed by atoms with E-state index in [2.05, 4.69) is 9.88 Å². The molecule has 1 unspecified atom stereocenters. The highest BCUT2D eigenvalue weighted by atomic mass is 35.5. The summed E-state index contributed by atoms with van der Waals surface area (Å²) in [6.45, 7) is 1.61. The van der Waals surface area contributed by atoms with Gasteiger partial charge in [0.2, 0.25) is 0 Å². The van der Waals surface area contributed by atoms with E-state index in [1.165, 1.54) is 12.3 Å². The molecular formula is C17H25ClN4O6. The zero-order chi connectivity index (χ0) is 19.1. The largest absolute Gasteiger partial charge is 0.462 e. The maximum atomic E-state index is 12.4. The maximum absolute atomic E-state index is 12.4. The molecule has 11 heteroatoms. The third-order valence-electron chi connectivity index (χ3n) is 5.77. The quantitative estimate of drug-likeness (QED) is 0.521. The first-order valence-corrected chi connectivity index (χ1v) is 9.21. The number of ether oxygens (including phenoxy) is 2. The topological polar surface area (TPSA) is 140 Å². The minimum absolute atomic E-state index is 0. The lowest BCUT2D eigenvalue weighted by atomic mass is 9.83. The zero-order valence-corrected chi connectivity index (χ0v) is 16.0. The minimum atomic E-state index is -1.36. The van der Waals surface area contributed by atoms with E-state index in [4.69, 9.17) is 15.2 Å². The molecule has 1 aromatic heterocycles. The number of piperidine rings is 3. The van der Waals surface area contributed by atoms with Gasteiger partial charge >= 0.3 is 11.7 Å². The number of rotatable bonds is 4. The minimum Gasteiger partial charge on any atom is -0.462 e. The van der Waals surface area contributed by atoms with Gasteiger partial charge in [-0.3, -0.25) is 14.3 Å². The van der Waals surface area contributed by atoms with Gasteiger partial charge in [0.1, 0.15) is 36.8 Å². The standard InChI is InChI=1S/C17H24N4O6.ClH/c18-12-3-6-21(17(25)19-12)15-14(23)13(22)11(27-15)8-26-16(24)10-7-9-1-4-20(10)5-2-9;/h3,6,9-11,13-15,22-23H,1-2,4-5,7-8H2,(H2,18,19,25);1H/t10?,11-,13-,14+,15-;/m1./s1. The molecule has 0 aromatic carbocycles. The van der Waals surface area contributed by atoms with Crippen molar-refractivity contribution in [2.45, 2.75) is 49.8 Å². The van der Waals surface area contributed by atoms with Gasteiger partial charge in [0, 0.05) is 6.20 Å². The Balaban J connectivity index is 0.00000225. The Hall–Kier alpha value is -1.72. The van der Waals surface area contributed by atoms with Gasteiger partial charge in [0.25, 0.3) is 0 Å². The molecule has 1 aromatic rings. The van der Waals surface area contributed by atoms with Crippen molar-refractivity contribution >= 4 is 24.2 Å². The van der Waals surface area contributed by atoms with Gasteiger partial charge in [-0.25, -0.2) is 4.79 Å². The molecule has 2 bridgehead atoms. The average Bonchev–Trinajstić information content (AvgIpc) is 2.95. The number of hydrogen-bond donors (Lipinski definition) is 3. The SMILES string of the molecule is Cl.Nc1ccn([C@@H]2O[C@H](COC(=O)C3CC4CCN3CC4)[C@@H](O)[C@@H]2O)c(=O)n1. The van der Waals surface area contributed by atoms with Crippen LogP contribution in [0, 0.1) is 5.92 Å². The number of carbonyl (C=O) groups excluding carboxylic acids is 1. The summed E-state index contributed by atoms with van der Waals surface area (Å²) in [7, 11) is 0. The average molecular weight is 417 g/mol. The van der Waals surface area contributed by atoms with E-state index in [0.29, 0.717) is 5.92 Å². The number of esters is 1. The van der Waals surface area contributed by atoms with Crippen molar-refractivity contribution in [1.82, 2.24) is 14.5 Å². The van der Waals surface area contributed by atoms with Crippen LogP contribution in [0.25, 0.3) is 0 Å². The third kappa shape index (κ3) is 3.87. The Kier molecular flexibility index (Phi) is 6.25. The fraction of sp³-hybridized carbons (Fsp3) is 0.706. The van der Waals surface area contributed by atoms with Crippen molar-refractivity contribution in [3.05, 3.63) is 22.7 Å². The van der Waals surface area contributed by atoms with Gasteiger partial charge in [0.05, 0.1) is 0 Å². The number of aliphatic hydroxyl groups excluding tert-OH is 2. The number of hydrogen-bond acceptors (Lipinski definition) is 9. The van der Waals surface area contributed by atoms with Gasteiger partial charge in [-0.05, 0) is 44.3 Å². The van der Waals surface area contributed by atoms with Crippen LogP contribution in [0.2, 0.25) is 0 Å². The molecule has 10 nitrogen and oxygen atoms in total. The molecule has 28 heavy (non-hydrogen) atoms. The van der Waals surface area contributed by atoms with Crippen LogP contribution in [-0.2, 0) is 14.3 Å². The van der Waals surface area contributed by atoms with E-state index < -0.39 is 30.2 Å². The van der Waals surface area contributed by atoms with Crippen molar-refractivity contribution in [1.29, 1.82) is 0 Å². The number of aromatic nitrogens is 2. The number of nitrogens with zero attached hydrogens (tertiary/aromatic N) is 3.